The van der Waals surface area contributed by atoms with Crippen LogP contribution in [0.1, 0.15) is 17.7 Å². The molecule has 0 unspecified atom stereocenters. The molecule has 0 spiro atoms. The van der Waals surface area contributed by atoms with Crippen molar-refractivity contribution in [3.8, 4) is 22.9 Å². The summed E-state index contributed by atoms with van der Waals surface area (Å²) >= 11 is 0. The highest BCUT2D eigenvalue weighted by molar-refractivity contribution is 5.67. The van der Waals surface area contributed by atoms with Crippen molar-refractivity contribution in [3.05, 3.63) is 72.1 Å². The lowest BCUT2D eigenvalue weighted by molar-refractivity contribution is -0.136. The predicted molar refractivity (Wildman–Crippen MR) is 128 cm³/mol. The highest BCUT2D eigenvalue weighted by Gasteiger charge is 2.08. The van der Waals surface area contributed by atoms with Crippen LogP contribution >= 0.6 is 0 Å². The van der Waals surface area contributed by atoms with Gasteiger partial charge in [0.25, 0.3) is 0 Å². The number of aromatic nitrogens is 2. The summed E-state index contributed by atoms with van der Waals surface area (Å²) in [5, 5.41) is 17.6. The summed E-state index contributed by atoms with van der Waals surface area (Å²) in [7, 11) is 0. The van der Waals surface area contributed by atoms with E-state index in [0.29, 0.717) is 62.5 Å². The molecule has 3 rings (SSSR count). The van der Waals surface area contributed by atoms with Crippen LogP contribution in [0.5, 0.6) is 11.5 Å². The lowest BCUT2D eigenvalue weighted by Crippen LogP contribution is -2.11. The maximum Gasteiger partial charge on any atom is 0.303 e. The quantitative estimate of drug-likeness (QED) is 0.297. The van der Waals surface area contributed by atoms with E-state index >= 15 is 0 Å². The Kier molecular flexibility index (Phi) is 10.9. The standard InChI is InChI=1S/C26H30N2O7/c29-13-14-32-15-16-33-17-18-34-23-8-5-21(6-9-23)26-27-12-11-22(28-26)19-35-24-4-2-1-3-20(24)7-10-25(30)31/h1-6,8-9,11-12,29H,7,10,13-19H2,(H,30,31). The van der Waals surface area contributed by atoms with Crippen LogP contribution in [-0.2, 0) is 27.3 Å². The summed E-state index contributed by atoms with van der Waals surface area (Å²) in [5.74, 6) is 1.09. The number of aliphatic carboxylic acids is 1. The number of ether oxygens (including phenoxy) is 4. The summed E-state index contributed by atoms with van der Waals surface area (Å²) in [6.45, 7) is 2.31. The third kappa shape index (κ3) is 9.32. The van der Waals surface area contributed by atoms with Gasteiger partial charge in [-0.05, 0) is 48.4 Å². The van der Waals surface area contributed by atoms with E-state index in [1.54, 1.807) is 12.3 Å². The number of aryl methyl sites for hydroxylation is 1. The molecule has 0 saturated heterocycles. The normalized spacial score (nSPS) is 10.8. The monoisotopic (exact) mass is 482 g/mol. The molecule has 1 aromatic heterocycles. The fraction of sp³-hybridized carbons (Fsp3) is 0.346. The molecule has 0 aliphatic carbocycles. The van der Waals surface area contributed by atoms with Crippen LogP contribution in [0, 0.1) is 0 Å². The minimum absolute atomic E-state index is 0.00687. The molecule has 0 fully saturated rings. The molecule has 186 valence electrons. The number of para-hydroxylation sites is 1. The van der Waals surface area contributed by atoms with E-state index in [9.17, 15) is 4.79 Å². The molecule has 2 aromatic carbocycles. The SMILES string of the molecule is O=C(O)CCc1ccccc1OCc1ccnc(-c2ccc(OCCOCCOCCO)cc2)n1. The average Bonchev–Trinajstić information content (AvgIpc) is 2.89. The molecule has 0 atom stereocenters. The van der Waals surface area contributed by atoms with Gasteiger partial charge < -0.3 is 29.2 Å². The van der Waals surface area contributed by atoms with Crippen LogP contribution in [0.15, 0.2) is 60.8 Å². The zero-order valence-electron chi connectivity index (χ0n) is 19.5. The number of carboxylic acid groups (broad SMARTS) is 1. The lowest BCUT2D eigenvalue weighted by atomic mass is 10.1. The van der Waals surface area contributed by atoms with Gasteiger partial charge in [-0.25, -0.2) is 9.97 Å². The van der Waals surface area contributed by atoms with E-state index in [-0.39, 0.29) is 19.6 Å². The number of hydrogen-bond acceptors (Lipinski definition) is 8. The molecule has 0 amide bonds. The fourth-order valence-corrected chi connectivity index (χ4v) is 3.17. The molecule has 1 heterocycles. The van der Waals surface area contributed by atoms with Crippen molar-refractivity contribution in [2.75, 3.05) is 39.6 Å². The molecule has 2 N–H and O–H groups in total. The van der Waals surface area contributed by atoms with Gasteiger partial charge >= 0.3 is 5.97 Å². The summed E-state index contributed by atoms with van der Waals surface area (Å²) in [6.07, 6.45) is 2.13. The molecule has 0 aliphatic rings. The van der Waals surface area contributed by atoms with Gasteiger partial charge in [-0.15, -0.1) is 0 Å². The minimum Gasteiger partial charge on any atom is -0.491 e. The van der Waals surface area contributed by atoms with Crippen molar-refractivity contribution in [2.45, 2.75) is 19.4 Å². The Morgan fingerprint density at radius 2 is 1.60 bits per heavy atom. The first kappa shape index (κ1) is 26.1. The van der Waals surface area contributed by atoms with Gasteiger partial charge in [0.1, 0.15) is 24.7 Å². The van der Waals surface area contributed by atoms with E-state index < -0.39 is 5.97 Å². The second-order valence-corrected chi connectivity index (χ2v) is 7.48. The average molecular weight is 483 g/mol. The van der Waals surface area contributed by atoms with Gasteiger partial charge in [0.15, 0.2) is 5.82 Å². The van der Waals surface area contributed by atoms with Crippen molar-refractivity contribution in [2.24, 2.45) is 0 Å². The summed E-state index contributed by atoms with van der Waals surface area (Å²) in [6, 6.07) is 16.7. The Morgan fingerprint density at radius 3 is 2.37 bits per heavy atom. The van der Waals surface area contributed by atoms with E-state index in [2.05, 4.69) is 9.97 Å². The second-order valence-electron chi connectivity index (χ2n) is 7.48. The molecule has 0 radical (unpaired) electrons. The van der Waals surface area contributed by atoms with Gasteiger partial charge in [-0.3, -0.25) is 4.79 Å². The number of hydrogen-bond donors (Lipinski definition) is 2. The topological polar surface area (TPSA) is 120 Å². The van der Waals surface area contributed by atoms with Crippen molar-refractivity contribution in [3.63, 3.8) is 0 Å². The van der Waals surface area contributed by atoms with E-state index in [0.717, 1.165) is 11.1 Å². The van der Waals surface area contributed by atoms with E-state index in [4.69, 9.17) is 29.2 Å². The predicted octanol–water partition coefficient (Wildman–Crippen LogP) is 3.14. The Morgan fingerprint density at radius 1 is 0.857 bits per heavy atom. The first-order chi connectivity index (χ1) is 17.2. The summed E-state index contributed by atoms with van der Waals surface area (Å²) in [5.41, 5.74) is 2.40. The number of rotatable bonds is 16. The molecule has 9 heteroatoms. The lowest BCUT2D eigenvalue weighted by Gasteiger charge is -2.11. The maximum atomic E-state index is 10.9. The highest BCUT2D eigenvalue weighted by atomic mass is 16.5. The summed E-state index contributed by atoms with van der Waals surface area (Å²) in [4.78, 5) is 19.8. The van der Waals surface area contributed by atoms with Gasteiger partial charge in [0, 0.05) is 18.2 Å². The molecule has 9 nitrogen and oxygen atoms in total. The molecule has 0 saturated carbocycles. The van der Waals surface area contributed by atoms with Crippen LogP contribution < -0.4 is 9.47 Å². The minimum atomic E-state index is -0.842. The van der Waals surface area contributed by atoms with Crippen molar-refractivity contribution < 1.29 is 34.0 Å². The van der Waals surface area contributed by atoms with Crippen LogP contribution in [0.3, 0.4) is 0 Å². The van der Waals surface area contributed by atoms with Crippen molar-refractivity contribution in [1.82, 2.24) is 9.97 Å². The Hall–Kier alpha value is -3.53. The number of aliphatic hydroxyl groups is 1. The van der Waals surface area contributed by atoms with Gasteiger partial charge in [-0.2, -0.15) is 0 Å². The third-order valence-electron chi connectivity index (χ3n) is 4.89. The molecule has 3 aromatic rings. The maximum absolute atomic E-state index is 10.9. The fourth-order valence-electron chi connectivity index (χ4n) is 3.17. The highest BCUT2D eigenvalue weighted by Crippen LogP contribution is 2.22. The summed E-state index contributed by atoms with van der Waals surface area (Å²) < 4.78 is 22.1. The van der Waals surface area contributed by atoms with Crippen molar-refractivity contribution in [1.29, 1.82) is 0 Å². The third-order valence-corrected chi connectivity index (χ3v) is 4.89. The second kappa shape index (κ2) is 14.7. The van der Waals surface area contributed by atoms with E-state index in [1.165, 1.54) is 0 Å². The van der Waals surface area contributed by atoms with Crippen molar-refractivity contribution >= 4 is 5.97 Å². The molecule has 35 heavy (non-hydrogen) atoms. The van der Waals surface area contributed by atoms with Crippen LogP contribution in [0.4, 0.5) is 0 Å². The number of aliphatic hydroxyl groups excluding tert-OH is 1. The van der Waals surface area contributed by atoms with Gasteiger partial charge in [-0.1, -0.05) is 18.2 Å². The van der Waals surface area contributed by atoms with E-state index in [1.807, 2.05) is 48.5 Å². The number of carbonyl (C=O) groups is 1. The Balaban J connectivity index is 1.49. The molecule has 0 bridgehead atoms. The first-order valence-corrected chi connectivity index (χ1v) is 11.4. The van der Waals surface area contributed by atoms with Crippen LogP contribution in [-0.4, -0.2) is 65.8 Å². The van der Waals surface area contributed by atoms with Gasteiger partial charge in [0.05, 0.1) is 38.7 Å². The smallest absolute Gasteiger partial charge is 0.303 e. The Bertz CT molecular complexity index is 1040. The number of benzene rings is 2. The molecular weight excluding hydrogens is 452 g/mol. The van der Waals surface area contributed by atoms with Gasteiger partial charge in [0.2, 0.25) is 0 Å². The van der Waals surface area contributed by atoms with Crippen LogP contribution in [0.25, 0.3) is 11.4 Å². The molecular formula is C26H30N2O7. The van der Waals surface area contributed by atoms with Crippen LogP contribution in [0.2, 0.25) is 0 Å². The number of nitrogens with zero attached hydrogens (tertiary/aromatic N) is 2. The molecule has 0 aliphatic heterocycles. The first-order valence-electron chi connectivity index (χ1n) is 11.4. The largest absolute Gasteiger partial charge is 0.491 e. The Labute approximate surface area is 204 Å². The number of carboxylic acids is 1. The zero-order valence-corrected chi connectivity index (χ0v) is 19.5. The zero-order chi connectivity index (χ0) is 24.7.